The van der Waals surface area contributed by atoms with E-state index in [9.17, 15) is 0 Å². The molecule has 1 aromatic carbocycles. The molecule has 0 saturated heterocycles. The number of aromatic nitrogens is 1. The summed E-state index contributed by atoms with van der Waals surface area (Å²) in [4.78, 5) is 8.34. The minimum Gasteiger partial charge on any atom is -0.497 e. The Bertz CT molecular complexity index is 788. The van der Waals surface area contributed by atoms with Gasteiger partial charge in [0.25, 0.3) is 0 Å². The van der Waals surface area contributed by atoms with E-state index in [-0.39, 0.29) is 0 Å². The number of hydrogen-bond acceptors (Lipinski definition) is 5. The number of rotatable bonds is 14. The molecule has 0 spiro atoms. The maximum absolute atomic E-state index is 8.86. The molecule has 0 aliphatic carbocycles. The molecule has 0 bridgehead atoms. The van der Waals surface area contributed by atoms with E-state index in [1.54, 1.807) is 31.6 Å². The second-order valence-corrected chi connectivity index (χ2v) is 7.18. The van der Waals surface area contributed by atoms with Crippen LogP contribution in [0.5, 0.6) is 11.5 Å². The average molecular weight is 424 g/mol. The van der Waals surface area contributed by atoms with Crippen molar-refractivity contribution in [1.29, 1.82) is 5.26 Å². The number of nitrogens with one attached hydrogen (secondary N) is 2. The van der Waals surface area contributed by atoms with Crippen LogP contribution in [-0.2, 0) is 0 Å². The van der Waals surface area contributed by atoms with Gasteiger partial charge in [0.05, 0.1) is 19.4 Å². The third-order valence-corrected chi connectivity index (χ3v) is 4.77. The zero-order valence-corrected chi connectivity index (χ0v) is 18.3. The molecular weight excluding hydrogens is 390 g/mol. The van der Waals surface area contributed by atoms with Crippen molar-refractivity contribution in [2.75, 3.05) is 20.3 Å². The van der Waals surface area contributed by atoms with Crippen LogP contribution in [0.25, 0.3) is 0 Å². The summed E-state index contributed by atoms with van der Waals surface area (Å²) < 4.78 is 10.9. The van der Waals surface area contributed by atoms with Crippen molar-refractivity contribution < 1.29 is 9.47 Å². The predicted molar refractivity (Wildman–Crippen MR) is 124 cm³/mol. The van der Waals surface area contributed by atoms with E-state index < -0.39 is 0 Å². The van der Waals surface area contributed by atoms with Gasteiger partial charge < -0.3 is 14.8 Å². The lowest BCUT2D eigenvalue weighted by Gasteiger charge is -2.08. The molecule has 7 heteroatoms. The Morgan fingerprint density at radius 2 is 1.52 bits per heavy atom. The standard InChI is InChI=1S/C24H33N5O2/c1-30-22-10-12-23(13-11-22)31-19-9-7-5-3-2-4-6-8-16-27-24(28-20-25)29-21-14-17-26-18-15-21/h10-15,17-18H,2-9,16,19H2,1H3,(H2,26,27,28,29). The summed E-state index contributed by atoms with van der Waals surface area (Å²) in [5.74, 6) is 2.22. The Labute approximate surface area is 185 Å². The molecule has 0 radical (unpaired) electrons. The largest absolute Gasteiger partial charge is 0.497 e. The number of ether oxygens (including phenoxy) is 2. The van der Waals surface area contributed by atoms with Gasteiger partial charge in [-0.25, -0.2) is 4.99 Å². The second kappa shape index (κ2) is 15.6. The van der Waals surface area contributed by atoms with Crippen LogP contribution in [0, 0.1) is 11.5 Å². The minimum absolute atomic E-state index is 0.477. The van der Waals surface area contributed by atoms with Gasteiger partial charge in [0.1, 0.15) is 11.5 Å². The van der Waals surface area contributed by atoms with E-state index in [0.717, 1.165) is 43.2 Å². The highest BCUT2D eigenvalue weighted by Gasteiger charge is 1.99. The van der Waals surface area contributed by atoms with Crippen LogP contribution in [0.2, 0.25) is 0 Å². The first-order valence-electron chi connectivity index (χ1n) is 11.0. The van der Waals surface area contributed by atoms with Crippen molar-refractivity contribution >= 4 is 11.6 Å². The average Bonchev–Trinajstić information content (AvgIpc) is 2.81. The molecule has 0 aliphatic heterocycles. The van der Waals surface area contributed by atoms with Crippen molar-refractivity contribution in [3.63, 3.8) is 0 Å². The van der Waals surface area contributed by atoms with Gasteiger partial charge in [-0.15, -0.1) is 0 Å². The van der Waals surface area contributed by atoms with E-state index in [2.05, 4.69) is 20.6 Å². The molecule has 1 heterocycles. The highest BCUT2D eigenvalue weighted by molar-refractivity contribution is 5.83. The maximum atomic E-state index is 8.86. The molecule has 0 aliphatic rings. The highest BCUT2D eigenvalue weighted by Crippen LogP contribution is 2.17. The number of guanidine groups is 1. The van der Waals surface area contributed by atoms with Crippen molar-refractivity contribution in [3.8, 4) is 17.7 Å². The van der Waals surface area contributed by atoms with Crippen LogP contribution in [0.1, 0.15) is 51.4 Å². The monoisotopic (exact) mass is 423 g/mol. The normalized spacial score (nSPS) is 10.9. The van der Waals surface area contributed by atoms with Crippen molar-refractivity contribution in [3.05, 3.63) is 48.8 Å². The second-order valence-electron chi connectivity index (χ2n) is 7.18. The van der Waals surface area contributed by atoms with Gasteiger partial charge in [0.2, 0.25) is 5.96 Å². The highest BCUT2D eigenvalue weighted by atomic mass is 16.5. The molecular formula is C24H33N5O2. The first kappa shape index (κ1) is 24.0. The summed E-state index contributed by atoms with van der Waals surface area (Å²) in [5.41, 5.74) is 0.759. The van der Waals surface area contributed by atoms with E-state index in [1.165, 1.54) is 38.5 Å². The summed E-state index contributed by atoms with van der Waals surface area (Å²) in [5, 5.41) is 14.6. The zero-order valence-electron chi connectivity index (χ0n) is 18.3. The van der Waals surface area contributed by atoms with Crippen LogP contribution < -0.4 is 20.1 Å². The molecule has 0 atom stereocenters. The molecule has 166 valence electrons. The van der Waals surface area contributed by atoms with Gasteiger partial charge in [0.15, 0.2) is 6.19 Å². The molecule has 2 rings (SSSR count). The van der Waals surface area contributed by atoms with Crippen LogP contribution in [-0.4, -0.2) is 31.2 Å². The molecule has 0 fully saturated rings. The van der Waals surface area contributed by atoms with Gasteiger partial charge in [0, 0.05) is 18.9 Å². The van der Waals surface area contributed by atoms with E-state index in [0.29, 0.717) is 5.96 Å². The molecule has 7 nitrogen and oxygen atoms in total. The number of methoxy groups -OCH3 is 1. The number of nitrogens with zero attached hydrogens (tertiary/aromatic N) is 3. The third-order valence-electron chi connectivity index (χ3n) is 4.77. The maximum Gasteiger partial charge on any atom is 0.209 e. The third kappa shape index (κ3) is 10.9. The molecule has 31 heavy (non-hydrogen) atoms. The fraction of sp³-hybridized carbons (Fsp3) is 0.458. The van der Waals surface area contributed by atoms with Crippen molar-refractivity contribution in [2.24, 2.45) is 4.99 Å². The molecule has 0 amide bonds. The van der Waals surface area contributed by atoms with Crippen LogP contribution in [0.15, 0.2) is 53.8 Å². The Balaban J connectivity index is 1.43. The minimum atomic E-state index is 0.477. The summed E-state index contributed by atoms with van der Waals surface area (Å²) in [7, 11) is 1.66. The molecule has 1 aromatic heterocycles. The summed E-state index contributed by atoms with van der Waals surface area (Å²) in [6, 6.07) is 11.3. The number of hydrogen-bond donors (Lipinski definition) is 2. The Morgan fingerprint density at radius 1 is 0.903 bits per heavy atom. The van der Waals surface area contributed by atoms with Gasteiger partial charge >= 0.3 is 0 Å². The first-order valence-corrected chi connectivity index (χ1v) is 11.0. The number of unbranched alkanes of at least 4 members (excludes halogenated alkanes) is 7. The fourth-order valence-corrected chi connectivity index (χ4v) is 3.07. The first-order chi connectivity index (χ1) is 15.3. The number of pyridine rings is 1. The lowest BCUT2D eigenvalue weighted by atomic mass is 10.1. The van der Waals surface area contributed by atoms with Gasteiger partial charge in [-0.05, 0) is 49.2 Å². The van der Waals surface area contributed by atoms with Crippen molar-refractivity contribution in [2.45, 2.75) is 51.4 Å². The predicted octanol–water partition coefficient (Wildman–Crippen LogP) is 4.94. The number of nitriles is 1. The zero-order chi connectivity index (χ0) is 22.0. The van der Waals surface area contributed by atoms with Crippen LogP contribution in [0.4, 0.5) is 5.69 Å². The van der Waals surface area contributed by atoms with E-state index >= 15 is 0 Å². The number of aliphatic imine (C=N–C) groups is 1. The van der Waals surface area contributed by atoms with Gasteiger partial charge in [-0.2, -0.15) is 5.26 Å². The lowest BCUT2D eigenvalue weighted by molar-refractivity contribution is 0.303. The Kier molecular flexibility index (Phi) is 12.0. The fourth-order valence-electron chi connectivity index (χ4n) is 3.07. The topological polar surface area (TPSA) is 91.6 Å². The van der Waals surface area contributed by atoms with E-state index in [4.69, 9.17) is 14.7 Å². The summed E-state index contributed by atoms with van der Waals surface area (Å²) in [6.07, 6.45) is 14.8. The summed E-state index contributed by atoms with van der Waals surface area (Å²) in [6.45, 7) is 1.55. The quantitative estimate of drug-likeness (QED) is 0.147. The van der Waals surface area contributed by atoms with Crippen LogP contribution >= 0.6 is 0 Å². The Hall–Kier alpha value is -3.27. The Morgan fingerprint density at radius 3 is 2.16 bits per heavy atom. The molecule has 2 N–H and O–H groups in total. The smallest absolute Gasteiger partial charge is 0.209 e. The molecule has 2 aromatic rings. The van der Waals surface area contributed by atoms with Crippen molar-refractivity contribution in [1.82, 2.24) is 15.6 Å². The molecule has 0 saturated carbocycles. The van der Waals surface area contributed by atoms with Gasteiger partial charge in [-0.3, -0.25) is 10.3 Å². The SMILES string of the molecule is COc1ccc(OCCCCCCCCCCN/C(=N/c2ccncc2)NC#N)cc1. The lowest BCUT2D eigenvalue weighted by Crippen LogP contribution is -2.34. The van der Waals surface area contributed by atoms with Crippen LogP contribution in [0.3, 0.4) is 0 Å². The van der Waals surface area contributed by atoms with Gasteiger partial charge in [-0.1, -0.05) is 38.5 Å². The van der Waals surface area contributed by atoms with E-state index in [1.807, 2.05) is 30.5 Å². The number of benzene rings is 1. The summed E-state index contributed by atoms with van der Waals surface area (Å²) >= 11 is 0. The molecule has 0 unspecified atom stereocenters.